The molecule has 0 radical (unpaired) electrons. The first kappa shape index (κ1) is 52.8. The van der Waals surface area contributed by atoms with Gasteiger partial charge in [0.15, 0.2) is 24.7 Å². The highest BCUT2D eigenvalue weighted by atomic mass is 16.8. The molecule has 396 valence electrons. The first-order valence-corrected chi connectivity index (χ1v) is 25.4. The van der Waals surface area contributed by atoms with Gasteiger partial charge in [0, 0.05) is 31.8 Å². The van der Waals surface area contributed by atoms with E-state index in [0.29, 0.717) is 18.8 Å². The Labute approximate surface area is 403 Å². The summed E-state index contributed by atoms with van der Waals surface area (Å²) in [6.45, 7) is 11.2. The number of methoxy groups -OCH3 is 1. The second-order valence-electron chi connectivity index (χ2n) is 23.8. The molecule has 5 saturated carbocycles. The van der Waals surface area contributed by atoms with Crippen LogP contribution in [0.1, 0.15) is 99.3 Å². The third-order valence-corrected chi connectivity index (χ3v) is 20.5. The Kier molecular flexibility index (Phi) is 14.2. The minimum absolute atomic E-state index is 0.00931. The maximum atomic E-state index is 13.8. The van der Waals surface area contributed by atoms with Crippen LogP contribution < -0.4 is 0 Å². The number of carbonyl (C=O) groups is 1. The summed E-state index contributed by atoms with van der Waals surface area (Å²) < 4.78 is 49.3. The molecule has 0 aromatic heterocycles. The van der Waals surface area contributed by atoms with Gasteiger partial charge in [-0.2, -0.15) is 0 Å². The summed E-state index contributed by atoms with van der Waals surface area (Å²) in [7, 11) is 1.72. The highest BCUT2D eigenvalue weighted by molar-refractivity contribution is 5.81. The van der Waals surface area contributed by atoms with Crippen molar-refractivity contribution in [3.63, 3.8) is 0 Å². The standard InChI is InChI=1S/C49H80O20/c1-21(18-63-41-37(60)34(57)31(54)25(15-50)64-41)23(53)14-24-22(2)40-45(5)12-13-48-20-47(48)11-10-30(44(3,4)28(47)8-9-29(48)46(45,6)19-49(40,62-7)69-24)67-43-39(36(59)33(56)27(17-52)66-43)68-42-38(61)35(58)32(55)26(16-51)65-42/h21-22,24-43,50-52,54-61H,8-20H2,1-7H3/t21-,22-,24+,25-,26-,27-,28+,29+,30+,31-,32-,33-,34-,35+,36+,37-,38-,39-,40-,41-,42+,43+,45-,46+,47-,48+,49+/m1/s1. The van der Waals surface area contributed by atoms with Gasteiger partial charge in [0.2, 0.25) is 0 Å². The van der Waals surface area contributed by atoms with Crippen LogP contribution in [0.15, 0.2) is 0 Å². The minimum Gasteiger partial charge on any atom is -0.394 e. The van der Waals surface area contributed by atoms with E-state index in [9.17, 15) is 61.0 Å². The molecule has 69 heavy (non-hydrogen) atoms. The molecule has 0 amide bonds. The molecule has 20 nitrogen and oxygen atoms in total. The van der Waals surface area contributed by atoms with E-state index < -0.39 is 141 Å². The van der Waals surface area contributed by atoms with Gasteiger partial charge in [-0.15, -0.1) is 0 Å². The molecule has 0 aromatic carbocycles. The molecule has 11 N–H and O–H groups in total. The van der Waals surface area contributed by atoms with Gasteiger partial charge in [0.05, 0.1) is 38.6 Å². The fraction of sp³-hybridized carbons (Fsp3) is 0.980. The Morgan fingerprint density at radius 3 is 1.78 bits per heavy atom. The van der Waals surface area contributed by atoms with Gasteiger partial charge >= 0.3 is 0 Å². The van der Waals surface area contributed by atoms with Crippen molar-refractivity contribution in [3.8, 4) is 0 Å². The van der Waals surface area contributed by atoms with Crippen LogP contribution in [-0.4, -0.2) is 206 Å². The molecule has 27 atom stereocenters. The lowest BCUT2D eigenvalue weighted by Crippen LogP contribution is -2.65. The summed E-state index contributed by atoms with van der Waals surface area (Å²) in [5.74, 6) is -0.919. The van der Waals surface area contributed by atoms with Gasteiger partial charge in [0.25, 0.3) is 0 Å². The molecule has 2 spiro atoms. The number of hydrogen-bond acceptors (Lipinski definition) is 20. The van der Waals surface area contributed by atoms with Crippen molar-refractivity contribution >= 4 is 5.78 Å². The van der Waals surface area contributed by atoms with E-state index in [1.165, 1.54) is 0 Å². The number of aliphatic hydroxyl groups is 11. The van der Waals surface area contributed by atoms with Crippen molar-refractivity contribution in [1.29, 1.82) is 0 Å². The van der Waals surface area contributed by atoms with Gasteiger partial charge in [-0.3, -0.25) is 4.79 Å². The lowest BCUT2D eigenvalue weighted by atomic mass is 9.41. The van der Waals surface area contributed by atoms with Crippen molar-refractivity contribution in [2.24, 2.45) is 56.7 Å². The zero-order chi connectivity index (χ0) is 50.1. The van der Waals surface area contributed by atoms with E-state index in [1.807, 2.05) is 0 Å². The van der Waals surface area contributed by atoms with Crippen LogP contribution in [0.25, 0.3) is 0 Å². The van der Waals surface area contributed by atoms with Crippen molar-refractivity contribution in [2.45, 2.75) is 209 Å². The van der Waals surface area contributed by atoms with Gasteiger partial charge < -0.3 is 94.1 Å². The van der Waals surface area contributed by atoms with E-state index in [2.05, 4.69) is 34.6 Å². The van der Waals surface area contributed by atoms with Gasteiger partial charge in [0.1, 0.15) is 79.0 Å². The number of Topliss-reactive ketones (excluding diaryl/α,β-unsaturated/α-hetero) is 1. The Bertz CT molecular complexity index is 1860. The molecule has 4 heterocycles. The lowest BCUT2D eigenvalue weighted by Gasteiger charge is -2.63. The number of rotatable bonds is 14. The predicted molar refractivity (Wildman–Crippen MR) is 236 cm³/mol. The Morgan fingerprint density at radius 1 is 0.623 bits per heavy atom. The molecule has 0 aromatic rings. The Morgan fingerprint density at radius 2 is 1.17 bits per heavy atom. The van der Waals surface area contributed by atoms with E-state index in [0.717, 1.165) is 38.5 Å². The van der Waals surface area contributed by atoms with Gasteiger partial charge in [-0.1, -0.05) is 41.5 Å². The molecule has 9 fully saturated rings. The Hall–Kier alpha value is -1.09. The second kappa shape index (κ2) is 18.6. The number of fused-ring (bicyclic) bond motifs is 4. The second-order valence-corrected chi connectivity index (χ2v) is 23.8. The first-order valence-electron chi connectivity index (χ1n) is 25.4. The van der Waals surface area contributed by atoms with Crippen LogP contribution in [0.4, 0.5) is 0 Å². The van der Waals surface area contributed by atoms with Crippen LogP contribution in [0.3, 0.4) is 0 Å². The molecule has 4 saturated heterocycles. The summed E-state index contributed by atoms with van der Waals surface area (Å²) in [6.07, 6.45) is -15.8. The lowest BCUT2D eigenvalue weighted by molar-refractivity contribution is -0.377. The summed E-state index contributed by atoms with van der Waals surface area (Å²) >= 11 is 0. The zero-order valence-corrected chi connectivity index (χ0v) is 41.0. The van der Waals surface area contributed by atoms with E-state index >= 15 is 0 Å². The highest BCUT2D eigenvalue weighted by Crippen LogP contribution is 2.90. The highest BCUT2D eigenvalue weighted by Gasteiger charge is 2.85. The minimum atomic E-state index is -1.77. The average molecular weight is 989 g/mol. The molecular weight excluding hydrogens is 909 g/mol. The predicted octanol–water partition coefficient (Wildman–Crippen LogP) is -1.17. The molecule has 9 rings (SSSR count). The summed E-state index contributed by atoms with van der Waals surface area (Å²) in [5.41, 5.74) is -0.569. The van der Waals surface area contributed by atoms with Crippen molar-refractivity contribution in [2.75, 3.05) is 33.5 Å². The number of hydrogen-bond donors (Lipinski definition) is 11. The van der Waals surface area contributed by atoms with E-state index in [1.54, 1.807) is 14.0 Å². The average Bonchev–Trinajstić information content (AvgIpc) is 3.84. The van der Waals surface area contributed by atoms with Crippen LogP contribution in [-0.2, 0) is 42.7 Å². The number of ether oxygens (including phenoxy) is 8. The quantitative estimate of drug-likeness (QED) is 0.0915. The topological polar surface area (TPSA) is 313 Å². The van der Waals surface area contributed by atoms with Crippen LogP contribution in [0.5, 0.6) is 0 Å². The molecule has 9 aliphatic rings. The molecule has 0 bridgehead atoms. The zero-order valence-electron chi connectivity index (χ0n) is 41.0. The molecular formula is C49H80O20. The molecule has 0 unspecified atom stereocenters. The number of aliphatic hydroxyl groups excluding tert-OH is 11. The van der Waals surface area contributed by atoms with Gasteiger partial charge in [-0.05, 0) is 89.8 Å². The molecule has 5 aliphatic carbocycles. The fourth-order valence-electron chi connectivity index (χ4n) is 16.6. The maximum absolute atomic E-state index is 13.8. The third-order valence-electron chi connectivity index (χ3n) is 20.5. The molecule has 4 aliphatic heterocycles. The van der Waals surface area contributed by atoms with Crippen molar-refractivity contribution < 1.29 is 98.9 Å². The van der Waals surface area contributed by atoms with E-state index in [4.69, 9.17) is 37.9 Å². The van der Waals surface area contributed by atoms with Crippen molar-refractivity contribution in [3.05, 3.63) is 0 Å². The van der Waals surface area contributed by atoms with Crippen LogP contribution in [0, 0.1) is 56.7 Å². The van der Waals surface area contributed by atoms with Crippen LogP contribution >= 0.6 is 0 Å². The molecule has 20 heteroatoms. The number of ketones is 1. The first-order chi connectivity index (χ1) is 32.5. The normalized spacial score (nSPS) is 55.8. The van der Waals surface area contributed by atoms with Crippen molar-refractivity contribution in [1.82, 2.24) is 0 Å². The summed E-state index contributed by atoms with van der Waals surface area (Å²) in [6, 6.07) is 0. The summed E-state index contributed by atoms with van der Waals surface area (Å²) in [5, 5.41) is 114. The maximum Gasteiger partial charge on any atom is 0.187 e. The van der Waals surface area contributed by atoms with Gasteiger partial charge in [-0.25, -0.2) is 0 Å². The monoisotopic (exact) mass is 989 g/mol. The third kappa shape index (κ3) is 7.82. The SMILES string of the molecule is CO[C@]12C[C@@]3(C)[C@@H]4CC[C@H]5C(C)(C)[C@@H](O[C@@H]6O[C@H](CO)[C@@H](O)[C@H](O)[C@H]6O[C@@H]6O[C@H](CO)[C@@H](O)[C@H](O)[C@H]6O)CC[C@@]56C[C@@]46CC[C@]3(C)[C@H]1[C@H](C)[C@H](CC(=O)[C@H](C)CO[C@@H]1O[C@H](CO)[C@@H](O)[C@@H](O)[C@H]1O)O2. The summed E-state index contributed by atoms with van der Waals surface area (Å²) in [4.78, 5) is 13.8. The fourth-order valence-corrected chi connectivity index (χ4v) is 16.6. The number of carbonyl (C=O) groups excluding carboxylic acids is 1. The smallest absolute Gasteiger partial charge is 0.187 e. The largest absolute Gasteiger partial charge is 0.394 e. The van der Waals surface area contributed by atoms with Crippen LogP contribution in [0.2, 0.25) is 0 Å². The Balaban J connectivity index is 0.877. The van der Waals surface area contributed by atoms with E-state index in [-0.39, 0.29) is 58.2 Å².